The Morgan fingerprint density at radius 1 is 1.68 bits per heavy atom. The molecule has 0 aliphatic carbocycles. The van der Waals surface area contributed by atoms with Gasteiger partial charge in [-0.05, 0) is 13.0 Å². The van der Waals surface area contributed by atoms with Gasteiger partial charge in [-0.2, -0.15) is 0 Å². The van der Waals surface area contributed by atoms with Gasteiger partial charge in [0.05, 0.1) is 25.4 Å². The van der Waals surface area contributed by atoms with Crippen molar-refractivity contribution in [3.05, 3.63) is 18.0 Å². The molecule has 1 aliphatic heterocycles. The maximum Gasteiger partial charge on any atom is 0.226 e. The second-order valence-corrected chi connectivity index (χ2v) is 4.37. The van der Waals surface area contributed by atoms with Crippen LogP contribution in [0.4, 0.5) is 5.95 Å². The maximum atomic E-state index is 9.16. The quantitative estimate of drug-likeness (QED) is 0.283. The molecule has 8 heteroatoms. The normalized spacial score (nSPS) is 24.5. The number of ether oxygens (including phenoxy) is 1. The highest BCUT2D eigenvalue weighted by Gasteiger charge is 2.27. The van der Waals surface area contributed by atoms with Crippen molar-refractivity contribution in [1.29, 1.82) is 0 Å². The number of amidine groups is 1. The standard InChI is InChI=1S/C11H17N5O3/c1-7-6-19-8(5-17)4-16(7)11-13-3-2-9(14-11)10(12)15-18/h2-3,7-8,17-18H,4-6H2,1H3,(H2,12,15). The summed E-state index contributed by atoms with van der Waals surface area (Å²) in [5, 5.41) is 20.7. The average molecular weight is 267 g/mol. The highest BCUT2D eigenvalue weighted by atomic mass is 16.5. The number of nitrogens with two attached hydrogens (primary N) is 1. The topological polar surface area (TPSA) is 117 Å². The molecule has 1 aliphatic rings. The van der Waals surface area contributed by atoms with Crippen molar-refractivity contribution in [2.45, 2.75) is 19.1 Å². The Balaban J connectivity index is 2.24. The molecule has 8 nitrogen and oxygen atoms in total. The first-order valence-corrected chi connectivity index (χ1v) is 5.95. The van der Waals surface area contributed by atoms with Gasteiger partial charge in [0.25, 0.3) is 0 Å². The number of hydrogen-bond donors (Lipinski definition) is 3. The fraction of sp³-hybridized carbons (Fsp3) is 0.545. The molecule has 0 radical (unpaired) electrons. The molecule has 1 aromatic rings. The third-order valence-electron chi connectivity index (χ3n) is 2.98. The Bertz CT molecular complexity index is 467. The fourth-order valence-corrected chi connectivity index (χ4v) is 1.89. The average Bonchev–Trinajstić information content (AvgIpc) is 2.47. The van der Waals surface area contributed by atoms with E-state index in [0.29, 0.717) is 24.8 Å². The predicted octanol–water partition coefficient (Wildman–Crippen LogP) is -0.843. The second kappa shape index (κ2) is 5.81. The molecule has 2 atom stereocenters. The summed E-state index contributed by atoms with van der Waals surface area (Å²) in [6.45, 7) is 2.91. The summed E-state index contributed by atoms with van der Waals surface area (Å²) < 4.78 is 5.45. The molecule has 1 fully saturated rings. The minimum absolute atomic E-state index is 0.0524. The number of rotatable bonds is 3. The summed E-state index contributed by atoms with van der Waals surface area (Å²) in [5.41, 5.74) is 5.86. The summed E-state index contributed by atoms with van der Waals surface area (Å²) in [6.07, 6.45) is 1.29. The SMILES string of the molecule is CC1COC(CO)CN1c1nccc(/C(N)=N/O)n1. The Morgan fingerprint density at radius 3 is 3.16 bits per heavy atom. The van der Waals surface area contributed by atoms with E-state index in [1.165, 1.54) is 0 Å². The van der Waals surface area contributed by atoms with Crippen molar-refractivity contribution in [3.63, 3.8) is 0 Å². The third kappa shape index (κ3) is 2.91. The lowest BCUT2D eigenvalue weighted by atomic mass is 10.2. The van der Waals surface area contributed by atoms with Crippen molar-refractivity contribution in [2.24, 2.45) is 10.9 Å². The van der Waals surface area contributed by atoms with Gasteiger partial charge in [0.15, 0.2) is 5.84 Å². The van der Waals surface area contributed by atoms with Crippen molar-refractivity contribution in [3.8, 4) is 0 Å². The fourth-order valence-electron chi connectivity index (χ4n) is 1.89. The largest absolute Gasteiger partial charge is 0.409 e. The Labute approximate surface area is 110 Å². The van der Waals surface area contributed by atoms with Gasteiger partial charge in [0.1, 0.15) is 5.69 Å². The zero-order valence-corrected chi connectivity index (χ0v) is 10.6. The van der Waals surface area contributed by atoms with Gasteiger partial charge in [-0.15, -0.1) is 0 Å². The van der Waals surface area contributed by atoms with E-state index in [2.05, 4.69) is 15.1 Å². The van der Waals surface area contributed by atoms with Gasteiger partial charge in [0, 0.05) is 12.7 Å². The molecule has 0 amide bonds. The summed E-state index contributed by atoms with van der Waals surface area (Å²) in [5.74, 6) is 0.404. The molecule has 2 rings (SSSR count). The van der Waals surface area contributed by atoms with E-state index in [1.807, 2.05) is 11.8 Å². The van der Waals surface area contributed by atoms with Crippen LogP contribution in [0.15, 0.2) is 17.4 Å². The summed E-state index contributed by atoms with van der Waals surface area (Å²) in [6, 6.07) is 1.65. The number of aliphatic hydroxyl groups is 1. The van der Waals surface area contributed by atoms with E-state index < -0.39 is 0 Å². The second-order valence-electron chi connectivity index (χ2n) is 4.37. The van der Waals surface area contributed by atoms with Crippen molar-refractivity contribution >= 4 is 11.8 Å². The summed E-state index contributed by atoms with van der Waals surface area (Å²) in [7, 11) is 0. The third-order valence-corrected chi connectivity index (χ3v) is 2.98. The van der Waals surface area contributed by atoms with Crippen LogP contribution in [-0.2, 0) is 4.74 Å². The summed E-state index contributed by atoms with van der Waals surface area (Å²) >= 11 is 0. The Hall–Kier alpha value is -1.93. The van der Waals surface area contributed by atoms with Crippen LogP contribution in [0.1, 0.15) is 12.6 Å². The number of nitrogens with zero attached hydrogens (tertiary/aromatic N) is 4. The molecule has 2 unspecified atom stereocenters. The van der Waals surface area contributed by atoms with Gasteiger partial charge in [-0.3, -0.25) is 0 Å². The molecule has 1 saturated heterocycles. The lowest BCUT2D eigenvalue weighted by Gasteiger charge is -2.37. The van der Waals surface area contributed by atoms with Crippen LogP contribution >= 0.6 is 0 Å². The molecular weight excluding hydrogens is 250 g/mol. The number of aliphatic hydroxyl groups excluding tert-OH is 1. The minimum Gasteiger partial charge on any atom is -0.409 e. The van der Waals surface area contributed by atoms with Crippen molar-refractivity contribution < 1.29 is 15.1 Å². The minimum atomic E-state index is -0.257. The number of morpholine rings is 1. The van der Waals surface area contributed by atoms with Gasteiger partial charge < -0.3 is 25.7 Å². The molecule has 19 heavy (non-hydrogen) atoms. The van der Waals surface area contributed by atoms with E-state index in [-0.39, 0.29) is 24.6 Å². The van der Waals surface area contributed by atoms with E-state index in [4.69, 9.17) is 20.8 Å². The van der Waals surface area contributed by atoms with Crippen molar-refractivity contribution in [2.75, 3.05) is 24.7 Å². The lowest BCUT2D eigenvalue weighted by molar-refractivity contribution is -0.0108. The van der Waals surface area contributed by atoms with Crippen LogP contribution in [-0.4, -0.2) is 58.0 Å². The molecule has 0 spiro atoms. The first kappa shape index (κ1) is 13.5. The first-order valence-electron chi connectivity index (χ1n) is 5.95. The molecule has 0 bridgehead atoms. The van der Waals surface area contributed by atoms with E-state index in [1.54, 1.807) is 12.3 Å². The predicted molar refractivity (Wildman–Crippen MR) is 68.2 cm³/mol. The highest BCUT2D eigenvalue weighted by molar-refractivity contribution is 5.95. The summed E-state index contributed by atoms with van der Waals surface area (Å²) in [4.78, 5) is 10.4. The lowest BCUT2D eigenvalue weighted by Crippen LogP contribution is -2.50. The van der Waals surface area contributed by atoms with Crippen LogP contribution in [0, 0.1) is 0 Å². The van der Waals surface area contributed by atoms with Crippen LogP contribution < -0.4 is 10.6 Å². The van der Waals surface area contributed by atoms with Crippen LogP contribution in [0.25, 0.3) is 0 Å². The van der Waals surface area contributed by atoms with E-state index >= 15 is 0 Å². The van der Waals surface area contributed by atoms with Crippen molar-refractivity contribution in [1.82, 2.24) is 9.97 Å². The zero-order chi connectivity index (χ0) is 13.8. The van der Waals surface area contributed by atoms with Crippen LogP contribution in [0.2, 0.25) is 0 Å². The Kier molecular flexibility index (Phi) is 4.13. The monoisotopic (exact) mass is 267 g/mol. The van der Waals surface area contributed by atoms with E-state index in [9.17, 15) is 0 Å². The van der Waals surface area contributed by atoms with Gasteiger partial charge in [-0.25, -0.2) is 9.97 Å². The molecular formula is C11H17N5O3. The molecule has 2 heterocycles. The van der Waals surface area contributed by atoms with Gasteiger partial charge >= 0.3 is 0 Å². The number of aromatic nitrogens is 2. The van der Waals surface area contributed by atoms with E-state index in [0.717, 1.165) is 0 Å². The molecule has 104 valence electrons. The smallest absolute Gasteiger partial charge is 0.226 e. The first-order chi connectivity index (χ1) is 9.15. The zero-order valence-electron chi connectivity index (χ0n) is 10.6. The Morgan fingerprint density at radius 2 is 2.47 bits per heavy atom. The highest BCUT2D eigenvalue weighted by Crippen LogP contribution is 2.17. The van der Waals surface area contributed by atoms with Crippen LogP contribution in [0.3, 0.4) is 0 Å². The molecule has 4 N–H and O–H groups in total. The molecule has 1 aromatic heterocycles. The molecule has 0 saturated carbocycles. The van der Waals surface area contributed by atoms with Gasteiger partial charge in [-0.1, -0.05) is 5.16 Å². The van der Waals surface area contributed by atoms with Gasteiger partial charge in [0.2, 0.25) is 5.95 Å². The number of anilines is 1. The maximum absolute atomic E-state index is 9.16. The number of oxime groups is 1. The molecule has 0 aromatic carbocycles. The number of hydrogen-bond acceptors (Lipinski definition) is 7. The van der Waals surface area contributed by atoms with Crippen LogP contribution in [0.5, 0.6) is 0 Å².